The quantitative estimate of drug-likeness (QED) is 0.699. The van der Waals surface area contributed by atoms with E-state index in [1.807, 2.05) is 13.8 Å². The van der Waals surface area contributed by atoms with Crippen LogP contribution in [-0.4, -0.2) is 11.9 Å². The highest BCUT2D eigenvalue weighted by Gasteiger charge is 2.26. The van der Waals surface area contributed by atoms with Gasteiger partial charge in [0.05, 0.1) is 0 Å². The fourth-order valence-corrected chi connectivity index (χ4v) is 1.66. The van der Waals surface area contributed by atoms with Crippen LogP contribution < -0.4 is 5.32 Å². The van der Waals surface area contributed by atoms with Crippen molar-refractivity contribution in [1.82, 2.24) is 5.32 Å². The molecule has 0 aromatic rings. The zero-order valence-corrected chi connectivity index (χ0v) is 10.3. The van der Waals surface area contributed by atoms with Crippen molar-refractivity contribution in [2.75, 3.05) is 0 Å². The first kappa shape index (κ1) is 13.5. The Balaban J connectivity index is 4.05. The molecule has 0 aliphatic heterocycles. The number of carbonyl (C=O) groups is 1. The van der Waals surface area contributed by atoms with Gasteiger partial charge in [-0.1, -0.05) is 40.5 Å². The molecule has 1 N–H and O–H groups in total. The summed E-state index contributed by atoms with van der Waals surface area (Å²) in [6.07, 6.45) is 4.20. The van der Waals surface area contributed by atoms with E-state index in [1.54, 1.807) is 0 Å². The average Bonchev–Trinajstić information content (AvgIpc) is 2.04. The van der Waals surface area contributed by atoms with Crippen LogP contribution in [0.5, 0.6) is 0 Å². The van der Waals surface area contributed by atoms with Gasteiger partial charge in [0.15, 0.2) is 0 Å². The Labute approximate surface area is 88.5 Å². The summed E-state index contributed by atoms with van der Waals surface area (Å²) in [6.45, 7) is 10.4. The summed E-state index contributed by atoms with van der Waals surface area (Å²) < 4.78 is 0. The van der Waals surface area contributed by atoms with Gasteiger partial charge in [-0.15, -0.1) is 0 Å². The fraction of sp³-hybridized carbons (Fsp3) is 0.917. The summed E-state index contributed by atoms with van der Waals surface area (Å²) in [6, 6.07) is 0.309. The van der Waals surface area contributed by atoms with Crippen molar-refractivity contribution >= 4 is 5.91 Å². The predicted octanol–water partition coefficient (Wildman–Crippen LogP) is 3.12. The molecule has 0 aromatic carbocycles. The van der Waals surface area contributed by atoms with E-state index in [-0.39, 0.29) is 11.3 Å². The summed E-state index contributed by atoms with van der Waals surface area (Å²) >= 11 is 0. The van der Waals surface area contributed by atoms with Gasteiger partial charge in [-0.2, -0.15) is 0 Å². The van der Waals surface area contributed by atoms with E-state index in [0.717, 1.165) is 25.7 Å². The van der Waals surface area contributed by atoms with Crippen molar-refractivity contribution in [2.24, 2.45) is 5.41 Å². The van der Waals surface area contributed by atoms with E-state index < -0.39 is 0 Å². The van der Waals surface area contributed by atoms with Crippen LogP contribution in [-0.2, 0) is 4.79 Å². The summed E-state index contributed by atoms with van der Waals surface area (Å²) in [5.41, 5.74) is -0.212. The topological polar surface area (TPSA) is 29.1 Å². The second kappa shape index (κ2) is 6.05. The molecule has 0 bridgehead atoms. The van der Waals surface area contributed by atoms with Crippen LogP contribution in [0.25, 0.3) is 0 Å². The van der Waals surface area contributed by atoms with Crippen molar-refractivity contribution in [3.8, 4) is 0 Å². The number of rotatable bonds is 6. The zero-order chi connectivity index (χ0) is 11.2. The Bertz CT molecular complexity index is 175. The summed E-state index contributed by atoms with van der Waals surface area (Å²) in [5.74, 6) is 0.195. The highest BCUT2D eigenvalue weighted by molar-refractivity contribution is 5.81. The number of nitrogens with one attached hydrogen (secondary N) is 1. The van der Waals surface area contributed by atoms with E-state index in [2.05, 4.69) is 26.1 Å². The lowest BCUT2D eigenvalue weighted by Crippen LogP contribution is -2.41. The SMILES string of the molecule is CCCC(C)NC(=O)C(C)(C)CCC. The minimum Gasteiger partial charge on any atom is -0.353 e. The first-order chi connectivity index (χ1) is 6.44. The van der Waals surface area contributed by atoms with E-state index in [1.165, 1.54) is 0 Å². The van der Waals surface area contributed by atoms with Crippen LogP contribution in [0.4, 0.5) is 0 Å². The molecule has 14 heavy (non-hydrogen) atoms. The lowest BCUT2D eigenvalue weighted by Gasteiger charge is -2.25. The van der Waals surface area contributed by atoms with Crippen LogP contribution in [0.2, 0.25) is 0 Å². The van der Waals surface area contributed by atoms with Gasteiger partial charge in [-0.05, 0) is 19.8 Å². The Kier molecular flexibility index (Phi) is 5.82. The molecule has 2 nitrogen and oxygen atoms in total. The molecule has 1 unspecified atom stereocenters. The number of hydrogen-bond acceptors (Lipinski definition) is 1. The molecule has 0 heterocycles. The maximum atomic E-state index is 11.8. The Hall–Kier alpha value is -0.530. The van der Waals surface area contributed by atoms with E-state index in [0.29, 0.717) is 6.04 Å². The molecule has 0 spiro atoms. The fourth-order valence-electron chi connectivity index (χ4n) is 1.66. The molecule has 0 aliphatic carbocycles. The highest BCUT2D eigenvalue weighted by atomic mass is 16.2. The van der Waals surface area contributed by atoms with Gasteiger partial charge < -0.3 is 5.32 Å². The standard InChI is InChI=1S/C12H25NO/c1-6-8-10(3)13-11(14)12(4,5)9-7-2/h10H,6-9H2,1-5H3,(H,13,14). The molecule has 0 saturated carbocycles. The van der Waals surface area contributed by atoms with Crippen LogP contribution in [0, 0.1) is 5.41 Å². The second-order valence-electron chi connectivity index (χ2n) is 4.80. The smallest absolute Gasteiger partial charge is 0.225 e. The van der Waals surface area contributed by atoms with Crippen LogP contribution >= 0.6 is 0 Å². The lowest BCUT2D eigenvalue weighted by molar-refractivity contribution is -0.130. The van der Waals surface area contributed by atoms with Crippen molar-refractivity contribution in [1.29, 1.82) is 0 Å². The number of carbonyl (C=O) groups excluding carboxylic acids is 1. The van der Waals surface area contributed by atoms with Crippen LogP contribution in [0.1, 0.15) is 60.3 Å². The third kappa shape index (κ3) is 4.64. The zero-order valence-electron chi connectivity index (χ0n) is 10.3. The highest BCUT2D eigenvalue weighted by Crippen LogP contribution is 2.22. The molecule has 0 radical (unpaired) electrons. The van der Waals surface area contributed by atoms with E-state index in [4.69, 9.17) is 0 Å². The van der Waals surface area contributed by atoms with Crippen LogP contribution in [0.3, 0.4) is 0 Å². The van der Waals surface area contributed by atoms with Crippen molar-refractivity contribution in [3.63, 3.8) is 0 Å². The molecule has 0 saturated heterocycles. The molecule has 1 amide bonds. The molecule has 2 heteroatoms. The maximum absolute atomic E-state index is 11.8. The minimum absolute atomic E-state index is 0.195. The summed E-state index contributed by atoms with van der Waals surface area (Å²) in [5, 5.41) is 3.07. The summed E-state index contributed by atoms with van der Waals surface area (Å²) in [7, 11) is 0. The van der Waals surface area contributed by atoms with Crippen molar-refractivity contribution in [2.45, 2.75) is 66.3 Å². The third-order valence-corrected chi connectivity index (χ3v) is 2.59. The molecule has 0 aliphatic rings. The molecule has 0 aromatic heterocycles. The predicted molar refractivity (Wildman–Crippen MR) is 61.2 cm³/mol. The monoisotopic (exact) mass is 199 g/mol. The molecule has 1 atom stereocenters. The van der Waals surface area contributed by atoms with Gasteiger partial charge in [0.1, 0.15) is 0 Å². The summed E-state index contributed by atoms with van der Waals surface area (Å²) in [4.78, 5) is 11.8. The van der Waals surface area contributed by atoms with Crippen LogP contribution in [0.15, 0.2) is 0 Å². The molecule has 0 fully saturated rings. The van der Waals surface area contributed by atoms with Gasteiger partial charge in [-0.3, -0.25) is 4.79 Å². The molecular formula is C12H25NO. The molecule has 0 rings (SSSR count). The lowest BCUT2D eigenvalue weighted by atomic mass is 9.87. The van der Waals surface area contributed by atoms with Gasteiger partial charge in [0.2, 0.25) is 5.91 Å². The normalized spacial score (nSPS) is 13.8. The van der Waals surface area contributed by atoms with Gasteiger partial charge >= 0.3 is 0 Å². The largest absolute Gasteiger partial charge is 0.353 e. The van der Waals surface area contributed by atoms with Crippen molar-refractivity contribution < 1.29 is 4.79 Å². The van der Waals surface area contributed by atoms with E-state index >= 15 is 0 Å². The molecular weight excluding hydrogens is 174 g/mol. The first-order valence-electron chi connectivity index (χ1n) is 5.75. The van der Waals surface area contributed by atoms with Crippen molar-refractivity contribution in [3.05, 3.63) is 0 Å². The Morgan fingerprint density at radius 2 is 1.86 bits per heavy atom. The average molecular weight is 199 g/mol. The third-order valence-electron chi connectivity index (χ3n) is 2.59. The second-order valence-corrected chi connectivity index (χ2v) is 4.80. The Morgan fingerprint density at radius 1 is 1.29 bits per heavy atom. The maximum Gasteiger partial charge on any atom is 0.225 e. The van der Waals surface area contributed by atoms with Gasteiger partial charge in [-0.25, -0.2) is 0 Å². The number of hydrogen-bond donors (Lipinski definition) is 1. The van der Waals surface area contributed by atoms with Gasteiger partial charge in [0, 0.05) is 11.5 Å². The Morgan fingerprint density at radius 3 is 2.29 bits per heavy atom. The minimum atomic E-state index is -0.212. The van der Waals surface area contributed by atoms with E-state index in [9.17, 15) is 4.79 Å². The number of amides is 1. The molecule has 84 valence electrons. The van der Waals surface area contributed by atoms with Gasteiger partial charge in [0.25, 0.3) is 0 Å². The first-order valence-corrected chi connectivity index (χ1v) is 5.75.